The molecule has 2 N–H and O–H groups in total. The summed E-state index contributed by atoms with van der Waals surface area (Å²) in [5.41, 5.74) is 2.66. The van der Waals surface area contributed by atoms with Crippen LogP contribution in [0, 0.1) is 11.3 Å². The molecule has 24 heavy (non-hydrogen) atoms. The molecule has 0 saturated heterocycles. The van der Waals surface area contributed by atoms with E-state index in [1.165, 1.54) is 0 Å². The Hall–Kier alpha value is -2.64. The van der Waals surface area contributed by atoms with Gasteiger partial charge in [-0.1, -0.05) is 36.4 Å². The van der Waals surface area contributed by atoms with Crippen molar-refractivity contribution < 1.29 is 9.90 Å². The van der Waals surface area contributed by atoms with E-state index in [1.54, 1.807) is 12.1 Å². The Balaban J connectivity index is 1.87. The molecule has 1 aliphatic rings. The molecule has 122 valence electrons. The fourth-order valence-electron chi connectivity index (χ4n) is 3.21. The molecule has 0 heterocycles. The summed E-state index contributed by atoms with van der Waals surface area (Å²) in [7, 11) is 0. The molecule has 0 aromatic heterocycles. The first kappa shape index (κ1) is 16.2. The molecule has 0 atom stereocenters. The number of aliphatic hydroxyl groups excluding tert-OH is 1. The number of benzene rings is 2. The fraction of sp³-hybridized carbons (Fsp3) is 0.300. The Kier molecular flexibility index (Phi) is 4.93. The Morgan fingerprint density at radius 1 is 1.00 bits per heavy atom. The number of amides is 1. The molecule has 2 aromatic rings. The van der Waals surface area contributed by atoms with Gasteiger partial charge < -0.3 is 10.4 Å². The lowest BCUT2D eigenvalue weighted by molar-refractivity contribution is 0.0868. The van der Waals surface area contributed by atoms with Crippen LogP contribution in [0.4, 0.5) is 0 Å². The van der Waals surface area contributed by atoms with E-state index in [2.05, 4.69) is 11.4 Å². The molecule has 3 rings (SSSR count). The smallest absolute Gasteiger partial charge is 0.252 e. The summed E-state index contributed by atoms with van der Waals surface area (Å²) < 4.78 is 0. The Morgan fingerprint density at radius 3 is 2.33 bits per heavy atom. The highest BCUT2D eigenvalue weighted by Gasteiger charge is 2.22. The number of aliphatic hydroxyl groups is 1. The number of hydrogen-bond donors (Lipinski definition) is 2. The first-order valence-corrected chi connectivity index (χ1v) is 8.26. The zero-order valence-corrected chi connectivity index (χ0v) is 13.4. The van der Waals surface area contributed by atoms with Crippen LogP contribution in [-0.4, -0.2) is 23.2 Å². The van der Waals surface area contributed by atoms with Crippen molar-refractivity contribution in [1.29, 1.82) is 5.26 Å². The SMILES string of the molecule is N#Cc1ccccc1-c1ccccc1C(=O)NC1CCC(O)CC1. The van der Waals surface area contributed by atoms with Gasteiger partial charge in [-0.15, -0.1) is 0 Å². The standard InChI is InChI=1S/C20H20N2O2/c21-13-14-5-1-2-6-17(14)18-7-3-4-8-19(18)20(24)22-15-9-11-16(23)12-10-15/h1-8,15-16,23H,9-12H2,(H,22,24). The van der Waals surface area contributed by atoms with Gasteiger partial charge >= 0.3 is 0 Å². The van der Waals surface area contributed by atoms with Crippen LogP contribution in [-0.2, 0) is 0 Å². The number of nitriles is 1. The minimum atomic E-state index is -0.243. The van der Waals surface area contributed by atoms with Gasteiger partial charge in [-0.05, 0) is 43.4 Å². The first-order chi connectivity index (χ1) is 11.7. The molecule has 1 fully saturated rings. The molecule has 0 unspecified atom stereocenters. The quantitative estimate of drug-likeness (QED) is 0.911. The summed E-state index contributed by atoms with van der Waals surface area (Å²) in [5, 5.41) is 22.0. The van der Waals surface area contributed by atoms with Crippen molar-refractivity contribution in [1.82, 2.24) is 5.32 Å². The summed E-state index contributed by atoms with van der Waals surface area (Å²) in [6.45, 7) is 0. The molecule has 1 aliphatic carbocycles. The van der Waals surface area contributed by atoms with Crippen LogP contribution in [0.5, 0.6) is 0 Å². The van der Waals surface area contributed by atoms with Crippen molar-refractivity contribution in [2.24, 2.45) is 0 Å². The van der Waals surface area contributed by atoms with Gasteiger partial charge in [0.05, 0.1) is 17.7 Å². The topological polar surface area (TPSA) is 73.1 Å². The van der Waals surface area contributed by atoms with Gasteiger partial charge in [0.1, 0.15) is 0 Å². The number of nitrogens with zero attached hydrogens (tertiary/aromatic N) is 1. The van der Waals surface area contributed by atoms with E-state index in [0.717, 1.165) is 36.8 Å². The van der Waals surface area contributed by atoms with Gasteiger partial charge in [-0.3, -0.25) is 4.79 Å². The molecule has 1 saturated carbocycles. The third kappa shape index (κ3) is 3.47. The molecule has 0 radical (unpaired) electrons. The van der Waals surface area contributed by atoms with Crippen molar-refractivity contribution in [3.63, 3.8) is 0 Å². The van der Waals surface area contributed by atoms with E-state index in [0.29, 0.717) is 11.1 Å². The maximum absolute atomic E-state index is 12.7. The van der Waals surface area contributed by atoms with Crippen LogP contribution in [0.25, 0.3) is 11.1 Å². The molecular weight excluding hydrogens is 300 g/mol. The number of rotatable bonds is 3. The van der Waals surface area contributed by atoms with Crippen LogP contribution in [0.1, 0.15) is 41.6 Å². The summed E-state index contributed by atoms with van der Waals surface area (Å²) in [5.74, 6) is -0.125. The molecule has 0 bridgehead atoms. The predicted octanol–water partition coefficient (Wildman–Crippen LogP) is 3.26. The molecule has 2 aromatic carbocycles. The van der Waals surface area contributed by atoms with Gasteiger partial charge in [0.25, 0.3) is 5.91 Å². The number of nitrogens with one attached hydrogen (secondary N) is 1. The summed E-state index contributed by atoms with van der Waals surface area (Å²) in [6, 6.07) is 17.0. The second-order valence-corrected chi connectivity index (χ2v) is 6.18. The minimum Gasteiger partial charge on any atom is -0.393 e. The zero-order valence-electron chi connectivity index (χ0n) is 13.4. The predicted molar refractivity (Wildman–Crippen MR) is 92.3 cm³/mol. The van der Waals surface area contributed by atoms with E-state index in [1.807, 2.05) is 36.4 Å². The molecular formula is C20H20N2O2. The van der Waals surface area contributed by atoms with Gasteiger partial charge in [-0.2, -0.15) is 5.26 Å². The Morgan fingerprint density at radius 2 is 1.62 bits per heavy atom. The Bertz CT molecular complexity index is 771. The average Bonchev–Trinajstić information content (AvgIpc) is 2.63. The van der Waals surface area contributed by atoms with Gasteiger partial charge in [0.15, 0.2) is 0 Å². The first-order valence-electron chi connectivity index (χ1n) is 8.26. The van der Waals surface area contributed by atoms with Crippen LogP contribution < -0.4 is 5.32 Å². The van der Waals surface area contributed by atoms with Crippen LogP contribution in [0.3, 0.4) is 0 Å². The molecule has 0 spiro atoms. The highest BCUT2D eigenvalue weighted by molar-refractivity contribution is 6.01. The van der Waals surface area contributed by atoms with Crippen LogP contribution in [0.15, 0.2) is 48.5 Å². The van der Waals surface area contributed by atoms with E-state index >= 15 is 0 Å². The molecule has 4 nitrogen and oxygen atoms in total. The van der Waals surface area contributed by atoms with Crippen molar-refractivity contribution in [2.75, 3.05) is 0 Å². The lowest BCUT2D eigenvalue weighted by atomic mass is 9.92. The number of carbonyl (C=O) groups excluding carboxylic acids is 1. The van der Waals surface area contributed by atoms with Crippen molar-refractivity contribution in [3.05, 3.63) is 59.7 Å². The average molecular weight is 320 g/mol. The number of hydrogen-bond acceptors (Lipinski definition) is 3. The lowest BCUT2D eigenvalue weighted by Gasteiger charge is -2.26. The van der Waals surface area contributed by atoms with Crippen molar-refractivity contribution in [3.8, 4) is 17.2 Å². The fourth-order valence-corrected chi connectivity index (χ4v) is 3.21. The zero-order chi connectivity index (χ0) is 16.9. The van der Waals surface area contributed by atoms with Crippen LogP contribution in [0.2, 0.25) is 0 Å². The third-order valence-corrected chi connectivity index (χ3v) is 4.54. The monoisotopic (exact) mass is 320 g/mol. The minimum absolute atomic E-state index is 0.0974. The normalized spacial score (nSPS) is 20.2. The highest BCUT2D eigenvalue weighted by atomic mass is 16.3. The van der Waals surface area contributed by atoms with Crippen molar-refractivity contribution in [2.45, 2.75) is 37.8 Å². The third-order valence-electron chi connectivity index (χ3n) is 4.54. The van der Waals surface area contributed by atoms with E-state index in [-0.39, 0.29) is 18.1 Å². The molecule has 4 heteroatoms. The molecule has 1 amide bonds. The van der Waals surface area contributed by atoms with Gasteiger partial charge in [-0.25, -0.2) is 0 Å². The number of carbonyl (C=O) groups is 1. The largest absolute Gasteiger partial charge is 0.393 e. The highest BCUT2D eigenvalue weighted by Crippen LogP contribution is 2.27. The maximum atomic E-state index is 12.7. The molecule has 0 aliphatic heterocycles. The van der Waals surface area contributed by atoms with E-state index in [4.69, 9.17) is 0 Å². The van der Waals surface area contributed by atoms with Crippen molar-refractivity contribution >= 4 is 5.91 Å². The maximum Gasteiger partial charge on any atom is 0.252 e. The lowest BCUT2D eigenvalue weighted by Crippen LogP contribution is -2.38. The summed E-state index contributed by atoms with van der Waals surface area (Å²) in [4.78, 5) is 12.7. The summed E-state index contributed by atoms with van der Waals surface area (Å²) in [6.07, 6.45) is 2.80. The van der Waals surface area contributed by atoms with Crippen LogP contribution >= 0.6 is 0 Å². The van der Waals surface area contributed by atoms with E-state index < -0.39 is 0 Å². The Labute approximate surface area is 141 Å². The second-order valence-electron chi connectivity index (χ2n) is 6.18. The van der Waals surface area contributed by atoms with Gasteiger partial charge in [0, 0.05) is 17.2 Å². The summed E-state index contributed by atoms with van der Waals surface area (Å²) >= 11 is 0. The van der Waals surface area contributed by atoms with Gasteiger partial charge in [0.2, 0.25) is 0 Å². The van der Waals surface area contributed by atoms with E-state index in [9.17, 15) is 15.2 Å². The second kappa shape index (κ2) is 7.29.